The third-order valence-corrected chi connectivity index (χ3v) is 7.45. The molecule has 0 radical (unpaired) electrons. The number of anilines is 2. The Bertz CT molecular complexity index is 1050. The normalized spacial score (nSPS) is 14.7. The first-order valence-electron chi connectivity index (χ1n) is 10.0. The average molecular weight is 470 g/mol. The van der Waals surface area contributed by atoms with Gasteiger partial charge in [-0.1, -0.05) is 31.5 Å². The van der Waals surface area contributed by atoms with Gasteiger partial charge in [0.1, 0.15) is 0 Å². The van der Waals surface area contributed by atoms with Crippen LogP contribution in [0, 0.1) is 5.82 Å². The van der Waals surface area contributed by atoms with E-state index in [1.54, 1.807) is 19.9 Å². The molecule has 10 heteroatoms. The summed E-state index contributed by atoms with van der Waals surface area (Å²) in [5, 5.41) is 2.40. The third kappa shape index (κ3) is 5.01. The number of carbonyl (C=O) groups excluding carboxylic acids is 1. The van der Waals surface area contributed by atoms with E-state index < -0.39 is 21.7 Å². The summed E-state index contributed by atoms with van der Waals surface area (Å²) in [4.78, 5) is 15.1. The van der Waals surface area contributed by atoms with Gasteiger partial charge in [-0.15, -0.1) is 0 Å². The number of nitrogens with one attached hydrogen (secondary N) is 1. The molecule has 31 heavy (non-hydrogen) atoms. The molecule has 7 nitrogen and oxygen atoms in total. The molecule has 3 rings (SSSR count). The van der Waals surface area contributed by atoms with Crippen molar-refractivity contribution in [3.63, 3.8) is 0 Å². The highest BCUT2D eigenvalue weighted by atomic mass is 35.5. The smallest absolute Gasteiger partial charge is 0.257 e. The molecule has 1 aliphatic rings. The van der Waals surface area contributed by atoms with Gasteiger partial charge >= 0.3 is 0 Å². The lowest BCUT2D eigenvalue weighted by Gasteiger charge is -2.30. The number of rotatable bonds is 7. The van der Waals surface area contributed by atoms with Gasteiger partial charge in [-0.2, -0.15) is 4.31 Å². The van der Waals surface area contributed by atoms with E-state index in [0.717, 1.165) is 0 Å². The van der Waals surface area contributed by atoms with Crippen LogP contribution in [0.3, 0.4) is 0 Å². The van der Waals surface area contributed by atoms with Crippen molar-refractivity contribution >= 4 is 38.9 Å². The van der Waals surface area contributed by atoms with Crippen LogP contribution in [0.5, 0.6) is 0 Å². The first-order chi connectivity index (χ1) is 14.8. The molecule has 0 unspecified atom stereocenters. The number of hydrogen-bond donors (Lipinski definition) is 1. The lowest BCUT2D eigenvalue weighted by atomic mass is 10.1. The van der Waals surface area contributed by atoms with E-state index in [0.29, 0.717) is 45.1 Å². The molecule has 1 fully saturated rings. The van der Waals surface area contributed by atoms with Crippen molar-refractivity contribution in [2.24, 2.45) is 0 Å². The zero-order chi connectivity index (χ0) is 22.6. The molecule has 0 saturated carbocycles. The number of carbonyl (C=O) groups is 1. The maximum atomic E-state index is 14.3. The van der Waals surface area contributed by atoms with Crippen molar-refractivity contribution < 1.29 is 22.3 Å². The highest BCUT2D eigenvalue weighted by Gasteiger charge is 2.26. The number of hydrogen-bond acceptors (Lipinski definition) is 5. The molecule has 0 spiro atoms. The fraction of sp³-hybridized carbons (Fsp3) is 0.381. The molecular formula is C21H25ClFN3O4S. The van der Waals surface area contributed by atoms with Crippen molar-refractivity contribution in [3.8, 4) is 0 Å². The van der Waals surface area contributed by atoms with E-state index in [9.17, 15) is 17.6 Å². The van der Waals surface area contributed by atoms with Crippen LogP contribution in [0.15, 0.2) is 41.3 Å². The van der Waals surface area contributed by atoms with Crippen molar-refractivity contribution in [1.29, 1.82) is 0 Å². The number of benzene rings is 2. The van der Waals surface area contributed by atoms with Crippen LogP contribution in [0.2, 0.25) is 5.02 Å². The van der Waals surface area contributed by atoms with E-state index in [1.807, 2.05) is 4.90 Å². The minimum absolute atomic E-state index is 0.00456. The summed E-state index contributed by atoms with van der Waals surface area (Å²) in [6, 6.07) is 8.74. The number of ether oxygens (including phenoxy) is 1. The number of nitrogens with zero attached hydrogens (tertiary/aromatic N) is 2. The molecule has 0 bridgehead atoms. The Morgan fingerprint density at radius 2 is 1.87 bits per heavy atom. The van der Waals surface area contributed by atoms with Crippen molar-refractivity contribution in [2.75, 3.05) is 49.6 Å². The fourth-order valence-corrected chi connectivity index (χ4v) is 5.10. The Kier molecular flexibility index (Phi) is 7.53. The van der Waals surface area contributed by atoms with E-state index in [4.69, 9.17) is 16.3 Å². The zero-order valence-corrected chi connectivity index (χ0v) is 19.0. The number of sulfonamides is 1. The quantitative estimate of drug-likeness (QED) is 0.670. The van der Waals surface area contributed by atoms with Crippen LogP contribution < -0.4 is 10.2 Å². The standard InChI is InChI=1S/C21H25ClFN3O4S/c1-3-26(4-2)31(28,29)15-8-9-19(25-10-12-30-13-11-25)16(14-15)21(27)24-18-7-5-6-17(22)20(18)23/h5-9,14H,3-4,10-13H2,1-2H3,(H,24,27). The van der Waals surface area contributed by atoms with Gasteiger partial charge in [-0.05, 0) is 30.3 Å². The maximum Gasteiger partial charge on any atom is 0.257 e. The van der Waals surface area contributed by atoms with Gasteiger partial charge in [0.05, 0.1) is 34.4 Å². The van der Waals surface area contributed by atoms with Crippen LogP contribution in [-0.4, -0.2) is 58.0 Å². The van der Waals surface area contributed by atoms with Crippen molar-refractivity contribution in [3.05, 3.63) is 52.8 Å². The molecule has 1 amide bonds. The molecule has 1 N–H and O–H groups in total. The molecule has 1 heterocycles. The molecule has 2 aromatic rings. The number of morpholine rings is 1. The lowest BCUT2D eigenvalue weighted by Crippen LogP contribution is -2.37. The topological polar surface area (TPSA) is 79.0 Å². The van der Waals surface area contributed by atoms with Gasteiger partial charge in [0.25, 0.3) is 5.91 Å². The van der Waals surface area contributed by atoms with Crippen molar-refractivity contribution in [1.82, 2.24) is 4.31 Å². The summed E-state index contributed by atoms with van der Waals surface area (Å²) in [7, 11) is -3.78. The lowest BCUT2D eigenvalue weighted by molar-refractivity contribution is 0.102. The van der Waals surface area contributed by atoms with E-state index in [2.05, 4.69) is 5.32 Å². The molecule has 1 saturated heterocycles. The summed E-state index contributed by atoms with van der Waals surface area (Å²) < 4.78 is 47.0. The van der Waals surface area contributed by atoms with E-state index >= 15 is 0 Å². The second-order valence-corrected chi connectivity index (χ2v) is 9.27. The van der Waals surface area contributed by atoms with Crippen LogP contribution in [0.1, 0.15) is 24.2 Å². The Hall–Kier alpha value is -2.20. The highest BCUT2D eigenvalue weighted by molar-refractivity contribution is 7.89. The Labute approximate surface area is 186 Å². The van der Waals surface area contributed by atoms with Gasteiger partial charge in [0, 0.05) is 31.9 Å². The first-order valence-corrected chi connectivity index (χ1v) is 11.8. The third-order valence-electron chi connectivity index (χ3n) is 5.11. The molecule has 0 atom stereocenters. The number of amides is 1. The first kappa shape index (κ1) is 23.5. The predicted molar refractivity (Wildman–Crippen MR) is 119 cm³/mol. The molecule has 0 aromatic heterocycles. The minimum Gasteiger partial charge on any atom is -0.378 e. The Morgan fingerprint density at radius 3 is 2.52 bits per heavy atom. The summed E-state index contributed by atoms with van der Waals surface area (Å²) in [6.07, 6.45) is 0. The maximum absolute atomic E-state index is 14.3. The summed E-state index contributed by atoms with van der Waals surface area (Å²) in [5.74, 6) is -1.38. The van der Waals surface area contributed by atoms with Gasteiger partial charge < -0.3 is 15.0 Å². The summed E-state index contributed by atoms with van der Waals surface area (Å²) >= 11 is 5.81. The molecule has 0 aliphatic carbocycles. The van der Waals surface area contributed by atoms with Crippen molar-refractivity contribution in [2.45, 2.75) is 18.7 Å². The highest BCUT2D eigenvalue weighted by Crippen LogP contribution is 2.29. The van der Waals surface area contributed by atoms with Gasteiger partial charge in [0.2, 0.25) is 10.0 Å². The molecular weight excluding hydrogens is 445 g/mol. The van der Waals surface area contributed by atoms with E-state index in [-0.39, 0.29) is 21.2 Å². The molecule has 168 valence electrons. The fourth-order valence-electron chi connectivity index (χ4n) is 3.44. The largest absolute Gasteiger partial charge is 0.378 e. The second-order valence-electron chi connectivity index (χ2n) is 6.92. The minimum atomic E-state index is -3.78. The second kappa shape index (κ2) is 9.95. The summed E-state index contributed by atoms with van der Waals surface area (Å²) in [5.41, 5.74) is 0.610. The Morgan fingerprint density at radius 1 is 1.19 bits per heavy atom. The monoisotopic (exact) mass is 469 g/mol. The predicted octanol–water partition coefficient (Wildman–Crippen LogP) is 3.60. The van der Waals surface area contributed by atoms with Crippen LogP contribution in [0.4, 0.5) is 15.8 Å². The van der Waals surface area contributed by atoms with E-state index in [1.165, 1.54) is 34.6 Å². The Balaban J connectivity index is 2.05. The van der Waals surface area contributed by atoms with Gasteiger partial charge in [0.15, 0.2) is 5.82 Å². The van der Waals surface area contributed by atoms with Gasteiger partial charge in [-0.25, -0.2) is 12.8 Å². The summed E-state index contributed by atoms with van der Waals surface area (Å²) in [6.45, 7) is 6.19. The van der Waals surface area contributed by atoms with Crippen LogP contribution >= 0.6 is 11.6 Å². The van der Waals surface area contributed by atoms with Gasteiger partial charge in [-0.3, -0.25) is 4.79 Å². The number of halogens is 2. The average Bonchev–Trinajstić information content (AvgIpc) is 2.77. The molecule has 2 aromatic carbocycles. The SMILES string of the molecule is CCN(CC)S(=O)(=O)c1ccc(N2CCOCC2)c(C(=O)Nc2cccc(Cl)c2F)c1. The van der Waals surface area contributed by atoms with Crippen LogP contribution in [-0.2, 0) is 14.8 Å². The zero-order valence-electron chi connectivity index (χ0n) is 17.4. The van der Waals surface area contributed by atoms with Crippen LogP contribution in [0.25, 0.3) is 0 Å². The molecule has 1 aliphatic heterocycles.